The van der Waals surface area contributed by atoms with E-state index >= 15 is 0 Å². The van der Waals surface area contributed by atoms with Gasteiger partial charge in [-0.25, -0.2) is 9.36 Å². The van der Waals surface area contributed by atoms with E-state index < -0.39 is 13.8 Å². The fourth-order valence-electron chi connectivity index (χ4n) is 0.464. The lowest BCUT2D eigenvalue weighted by atomic mass is 10.4. The minimum absolute atomic E-state index is 0.0654. The predicted molar refractivity (Wildman–Crippen MR) is 48.1 cm³/mol. The molecular formula is C7H13O6P. The van der Waals surface area contributed by atoms with Crippen LogP contribution in [-0.2, 0) is 23.4 Å². The minimum Gasteiger partial charge on any atom is -0.300 e. The molecule has 1 atom stereocenters. The zero-order valence-corrected chi connectivity index (χ0v) is 8.74. The molecule has 0 saturated carbocycles. The number of hydrogen-bond donors (Lipinski definition) is 1. The second kappa shape index (κ2) is 6.73. The lowest BCUT2D eigenvalue weighted by Crippen LogP contribution is -2.02. The van der Waals surface area contributed by atoms with Gasteiger partial charge in [-0.15, -0.1) is 0 Å². The molecule has 6 nitrogen and oxygen atoms in total. The van der Waals surface area contributed by atoms with Crippen molar-refractivity contribution in [3.63, 3.8) is 0 Å². The molecule has 0 rings (SSSR count). The number of carbonyl (C=O) groups is 1. The van der Waals surface area contributed by atoms with Crippen molar-refractivity contribution in [2.75, 3.05) is 6.61 Å². The largest absolute Gasteiger partial charge is 0.508 e. The highest BCUT2D eigenvalue weighted by atomic mass is 31.2. The van der Waals surface area contributed by atoms with Crippen molar-refractivity contribution in [2.45, 2.75) is 19.8 Å². The number of hydrogen-bond acceptors (Lipinski definition) is 5. The Morgan fingerprint density at radius 3 is 2.79 bits per heavy atom. The summed E-state index contributed by atoms with van der Waals surface area (Å²) in [4.78, 5) is 23.2. The van der Waals surface area contributed by atoms with Gasteiger partial charge in [0, 0.05) is 6.08 Å². The highest BCUT2D eigenvalue weighted by Crippen LogP contribution is 2.43. The van der Waals surface area contributed by atoms with Crippen molar-refractivity contribution in [3.05, 3.63) is 12.7 Å². The number of carbonyl (C=O) groups excluding carboxylic acids is 1. The first kappa shape index (κ1) is 13.3. The van der Waals surface area contributed by atoms with Crippen molar-refractivity contribution in [1.82, 2.24) is 0 Å². The average molecular weight is 224 g/mol. The van der Waals surface area contributed by atoms with Crippen molar-refractivity contribution >= 4 is 13.8 Å². The predicted octanol–water partition coefficient (Wildman–Crippen LogP) is 1.56. The van der Waals surface area contributed by atoms with Gasteiger partial charge in [-0.05, 0) is 6.42 Å². The van der Waals surface area contributed by atoms with Crippen LogP contribution in [0.4, 0.5) is 0 Å². The first-order valence-corrected chi connectivity index (χ1v) is 5.51. The molecule has 0 bridgehead atoms. The molecule has 0 spiro atoms. The fourth-order valence-corrected chi connectivity index (χ4v) is 1.03. The molecule has 0 amide bonds. The van der Waals surface area contributed by atoms with Crippen molar-refractivity contribution in [1.29, 1.82) is 0 Å². The first-order valence-electron chi connectivity index (χ1n) is 4.02. The molecule has 0 aliphatic heterocycles. The Hall–Kier alpha value is -0.680. The van der Waals surface area contributed by atoms with Gasteiger partial charge in [-0.2, -0.15) is 0 Å². The zero-order chi connectivity index (χ0) is 11.0. The van der Waals surface area contributed by atoms with Crippen LogP contribution in [0.15, 0.2) is 12.7 Å². The van der Waals surface area contributed by atoms with E-state index in [-0.39, 0.29) is 6.61 Å². The van der Waals surface area contributed by atoms with Crippen molar-refractivity contribution < 1.29 is 28.3 Å². The lowest BCUT2D eigenvalue weighted by Gasteiger charge is -2.08. The number of unbranched alkanes of at least 4 members (excludes halogenated alkanes) is 1. The van der Waals surface area contributed by atoms with E-state index in [9.17, 15) is 9.36 Å². The van der Waals surface area contributed by atoms with E-state index in [0.717, 1.165) is 12.5 Å². The molecule has 7 heteroatoms. The quantitative estimate of drug-likeness (QED) is 0.232. The summed E-state index contributed by atoms with van der Waals surface area (Å²) < 4.78 is 19.2. The summed E-state index contributed by atoms with van der Waals surface area (Å²) in [5.74, 6) is -0.960. The molecule has 0 radical (unpaired) electrons. The first-order chi connectivity index (χ1) is 6.52. The molecule has 0 aromatic carbocycles. The molecule has 0 heterocycles. The van der Waals surface area contributed by atoms with Crippen molar-refractivity contribution in [2.24, 2.45) is 0 Å². The highest BCUT2D eigenvalue weighted by molar-refractivity contribution is 7.47. The molecule has 0 aromatic heterocycles. The summed E-state index contributed by atoms with van der Waals surface area (Å²) >= 11 is 0. The topological polar surface area (TPSA) is 82.1 Å². The van der Waals surface area contributed by atoms with Crippen LogP contribution in [0.3, 0.4) is 0 Å². The normalized spacial score (nSPS) is 14.4. The zero-order valence-electron chi connectivity index (χ0n) is 7.84. The molecular weight excluding hydrogens is 211 g/mol. The molecule has 14 heavy (non-hydrogen) atoms. The standard InChI is InChI=1S/C7H13O6P/c1-3-5-6-11-14(9,10)13-12-7(8)4-2/h4H,2-3,5-6H2,1H3,(H,9,10). The van der Waals surface area contributed by atoms with Gasteiger partial charge in [0.15, 0.2) is 0 Å². The summed E-state index contributed by atoms with van der Waals surface area (Å²) in [6, 6.07) is 0. The third-order valence-corrected chi connectivity index (χ3v) is 1.90. The Balaban J connectivity index is 3.77. The van der Waals surface area contributed by atoms with E-state index in [1.54, 1.807) is 0 Å². The minimum atomic E-state index is -4.28. The summed E-state index contributed by atoms with van der Waals surface area (Å²) in [5.41, 5.74) is 0. The molecule has 0 saturated heterocycles. The maximum atomic E-state index is 10.9. The van der Waals surface area contributed by atoms with Gasteiger partial charge < -0.3 is 4.89 Å². The van der Waals surface area contributed by atoms with Crippen LogP contribution in [0.1, 0.15) is 19.8 Å². The van der Waals surface area contributed by atoms with Gasteiger partial charge in [0.1, 0.15) is 0 Å². The van der Waals surface area contributed by atoms with E-state index in [2.05, 4.69) is 20.7 Å². The third-order valence-electron chi connectivity index (χ3n) is 1.13. The van der Waals surface area contributed by atoms with Crippen LogP contribution in [0.2, 0.25) is 0 Å². The molecule has 0 aliphatic rings. The highest BCUT2D eigenvalue weighted by Gasteiger charge is 2.23. The third kappa shape index (κ3) is 6.80. The Kier molecular flexibility index (Phi) is 6.40. The molecule has 0 aliphatic carbocycles. The Morgan fingerprint density at radius 2 is 2.29 bits per heavy atom. The molecule has 0 aromatic rings. The summed E-state index contributed by atoms with van der Waals surface area (Å²) in [5, 5.41) is 0. The lowest BCUT2D eigenvalue weighted by molar-refractivity contribution is -0.217. The smallest absolute Gasteiger partial charge is 0.300 e. The second-order valence-corrected chi connectivity index (χ2v) is 3.68. The van der Waals surface area contributed by atoms with Gasteiger partial charge in [0.25, 0.3) is 0 Å². The van der Waals surface area contributed by atoms with Crippen LogP contribution in [-0.4, -0.2) is 17.5 Å². The van der Waals surface area contributed by atoms with Crippen LogP contribution in [0.25, 0.3) is 0 Å². The van der Waals surface area contributed by atoms with E-state index in [1.165, 1.54) is 0 Å². The fraction of sp³-hybridized carbons (Fsp3) is 0.571. The average Bonchev–Trinajstić information content (AvgIpc) is 2.14. The van der Waals surface area contributed by atoms with Crippen LogP contribution in [0.5, 0.6) is 0 Å². The van der Waals surface area contributed by atoms with Crippen LogP contribution in [0, 0.1) is 0 Å². The van der Waals surface area contributed by atoms with Crippen LogP contribution < -0.4 is 0 Å². The Bertz CT molecular complexity index is 238. The maximum Gasteiger partial charge on any atom is 0.508 e. The van der Waals surface area contributed by atoms with Gasteiger partial charge in [-0.3, -0.25) is 9.41 Å². The van der Waals surface area contributed by atoms with E-state index in [4.69, 9.17) is 4.89 Å². The number of rotatable bonds is 7. The molecule has 1 N–H and O–H groups in total. The second-order valence-electron chi connectivity index (χ2n) is 2.34. The summed E-state index contributed by atoms with van der Waals surface area (Å²) in [6.45, 7) is 5.03. The summed E-state index contributed by atoms with van der Waals surface area (Å²) in [7, 11) is -4.28. The van der Waals surface area contributed by atoms with Gasteiger partial charge in [0.05, 0.1) is 6.61 Å². The molecule has 1 unspecified atom stereocenters. The van der Waals surface area contributed by atoms with E-state index in [1.807, 2.05) is 6.92 Å². The summed E-state index contributed by atoms with van der Waals surface area (Å²) in [6.07, 6.45) is 2.22. The number of phosphoric acid groups is 1. The monoisotopic (exact) mass is 224 g/mol. The molecule has 0 fully saturated rings. The molecule has 82 valence electrons. The Labute approximate surface area is 82.0 Å². The van der Waals surface area contributed by atoms with Crippen LogP contribution >= 0.6 is 7.82 Å². The van der Waals surface area contributed by atoms with Gasteiger partial charge >= 0.3 is 13.8 Å². The van der Waals surface area contributed by atoms with Gasteiger partial charge in [0.2, 0.25) is 0 Å². The SMILES string of the molecule is C=CC(=O)OOP(=O)(O)OCCCC. The van der Waals surface area contributed by atoms with Crippen molar-refractivity contribution in [3.8, 4) is 0 Å². The number of phosphoric ester groups is 1. The Morgan fingerprint density at radius 1 is 1.64 bits per heavy atom. The maximum absolute atomic E-state index is 10.9. The van der Waals surface area contributed by atoms with E-state index in [0.29, 0.717) is 6.42 Å². The van der Waals surface area contributed by atoms with Gasteiger partial charge in [-0.1, -0.05) is 24.6 Å².